The maximum Gasteiger partial charge on any atom is 0.351 e. The largest absolute Gasteiger partial charge is 0.383 e. The Morgan fingerprint density at radius 1 is 1.50 bits per heavy atom. The van der Waals surface area contributed by atoms with Gasteiger partial charge in [0.2, 0.25) is 0 Å². The van der Waals surface area contributed by atoms with Gasteiger partial charge in [0.1, 0.15) is 23.6 Å². The Hall–Kier alpha value is -1.48. The van der Waals surface area contributed by atoms with Crippen LogP contribution in [0.15, 0.2) is 11.0 Å². The second-order valence-electron chi connectivity index (χ2n) is 5.79. The predicted octanol–water partition coefficient (Wildman–Crippen LogP) is -0.150. The molecule has 0 spiro atoms. The quantitative estimate of drug-likeness (QED) is 0.825. The monoisotopic (exact) mass is 311 g/mol. The van der Waals surface area contributed by atoms with Gasteiger partial charge in [-0.3, -0.25) is 4.57 Å². The molecule has 2 aliphatic heterocycles. The van der Waals surface area contributed by atoms with Crippen LogP contribution in [0, 0.1) is 6.92 Å². The van der Waals surface area contributed by atoms with Gasteiger partial charge in [0, 0.05) is 26.0 Å². The Labute approximate surface area is 128 Å². The van der Waals surface area contributed by atoms with Crippen LogP contribution in [0.1, 0.15) is 18.7 Å². The van der Waals surface area contributed by atoms with Crippen molar-refractivity contribution >= 4 is 5.82 Å². The lowest BCUT2D eigenvalue weighted by Crippen LogP contribution is -2.50. The van der Waals surface area contributed by atoms with Crippen LogP contribution in [-0.4, -0.2) is 54.3 Å². The molecule has 3 heterocycles. The molecule has 2 bridgehead atoms. The van der Waals surface area contributed by atoms with E-state index >= 15 is 0 Å². The van der Waals surface area contributed by atoms with Crippen LogP contribution in [0.3, 0.4) is 0 Å². The zero-order chi connectivity index (χ0) is 16.1. The number of nitrogens with zero attached hydrogens (tertiary/aromatic N) is 2. The molecule has 1 aromatic rings. The molecule has 0 amide bonds. The van der Waals surface area contributed by atoms with Crippen molar-refractivity contribution in [2.24, 2.45) is 0 Å². The number of fused-ring (bicyclic) bond motifs is 2. The second kappa shape index (κ2) is 5.31. The van der Waals surface area contributed by atoms with Crippen molar-refractivity contribution in [3.63, 3.8) is 0 Å². The molecule has 0 saturated carbocycles. The molecular weight excluding hydrogens is 290 g/mol. The highest BCUT2D eigenvalue weighted by atomic mass is 16.7. The second-order valence-corrected chi connectivity index (χ2v) is 5.79. The van der Waals surface area contributed by atoms with E-state index in [9.17, 15) is 4.79 Å². The van der Waals surface area contributed by atoms with Crippen molar-refractivity contribution in [3.8, 4) is 0 Å². The molecule has 22 heavy (non-hydrogen) atoms. The molecule has 122 valence electrons. The maximum absolute atomic E-state index is 12.2. The highest BCUT2D eigenvalue weighted by molar-refractivity contribution is 5.35. The van der Waals surface area contributed by atoms with Crippen LogP contribution < -0.4 is 11.4 Å². The number of nitrogens with two attached hydrogens (primary N) is 1. The van der Waals surface area contributed by atoms with Gasteiger partial charge in [0.05, 0.1) is 12.7 Å². The predicted molar refractivity (Wildman–Crippen MR) is 77.5 cm³/mol. The lowest BCUT2D eigenvalue weighted by atomic mass is 9.94. The van der Waals surface area contributed by atoms with E-state index in [2.05, 4.69) is 4.98 Å². The number of aryl methyl sites for hydroxylation is 1. The summed E-state index contributed by atoms with van der Waals surface area (Å²) in [5.41, 5.74) is 5.16. The van der Waals surface area contributed by atoms with Crippen LogP contribution >= 0.6 is 0 Å². The summed E-state index contributed by atoms with van der Waals surface area (Å²) in [6.07, 6.45) is 0.0970. The first-order valence-electron chi connectivity index (χ1n) is 7.15. The van der Waals surface area contributed by atoms with E-state index in [0.717, 1.165) is 0 Å². The summed E-state index contributed by atoms with van der Waals surface area (Å²) in [5, 5.41) is 0. The molecule has 0 radical (unpaired) electrons. The van der Waals surface area contributed by atoms with Crippen LogP contribution in [0.5, 0.6) is 0 Å². The third kappa shape index (κ3) is 1.98. The van der Waals surface area contributed by atoms with E-state index in [0.29, 0.717) is 12.2 Å². The molecule has 2 fully saturated rings. The first kappa shape index (κ1) is 15.4. The van der Waals surface area contributed by atoms with Gasteiger partial charge in [-0.25, -0.2) is 4.79 Å². The molecule has 3 unspecified atom stereocenters. The number of ether oxygens (including phenoxy) is 4. The summed E-state index contributed by atoms with van der Waals surface area (Å²) in [7, 11) is 3.20. The van der Waals surface area contributed by atoms with Crippen LogP contribution in [0.4, 0.5) is 5.82 Å². The van der Waals surface area contributed by atoms with Gasteiger partial charge in [-0.05, 0) is 13.8 Å². The van der Waals surface area contributed by atoms with E-state index in [1.54, 1.807) is 27.3 Å². The van der Waals surface area contributed by atoms with Crippen molar-refractivity contribution in [2.45, 2.75) is 44.0 Å². The summed E-state index contributed by atoms with van der Waals surface area (Å²) < 4.78 is 24.4. The van der Waals surface area contributed by atoms with Gasteiger partial charge in [-0.1, -0.05) is 0 Å². The van der Waals surface area contributed by atoms with E-state index in [1.807, 2.05) is 6.92 Å². The molecule has 8 heteroatoms. The number of aromatic nitrogens is 2. The third-order valence-corrected chi connectivity index (χ3v) is 4.52. The molecule has 2 aliphatic rings. The Morgan fingerprint density at radius 2 is 2.23 bits per heavy atom. The van der Waals surface area contributed by atoms with E-state index in [4.69, 9.17) is 24.7 Å². The molecule has 5 atom stereocenters. The van der Waals surface area contributed by atoms with Crippen molar-refractivity contribution in [1.82, 2.24) is 9.55 Å². The minimum atomic E-state index is -0.742. The first-order chi connectivity index (χ1) is 10.4. The number of methoxy groups -OCH3 is 2. The van der Waals surface area contributed by atoms with Gasteiger partial charge in [0.15, 0.2) is 6.23 Å². The number of nitrogen functional groups attached to an aromatic ring is 1. The standard InChI is InChI=1S/C14H21N3O5/c1-7-5-17(13(18)16-11(7)15)12-9-10(20-4)14(22-12,6-19-3)8(2)21-9/h5,8-10,12H,6H2,1-4H3,(H2,15,16,18)/t8?,9?,10?,12-,14+/m1/s1. The first-order valence-corrected chi connectivity index (χ1v) is 7.15. The molecule has 2 saturated heterocycles. The average Bonchev–Trinajstić information content (AvgIpc) is 2.91. The maximum atomic E-state index is 12.2. The number of hydrogen-bond acceptors (Lipinski definition) is 7. The van der Waals surface area contributed by atoms with Gasteiger partial charge in [-0.2, -0.15) is 4.98 Å². The molecule has 0 aliphatic carbocycles. The Kier molecular flexibility index (Phi) is 3.72. The van der Waals surface area contributed by atoms with Crippen LogP contribution in [0.25, 0.3) is 0 Å². The van der Waals surface area contributed by atoms with E-state index in [1.165, 1.54) is 4.57 Å². The summed E-state index contributed by atoms with van der Waals surface area (Å²) >= 11 is 0. The zero-order valence-electron chi connectivity index (χ0n) is 13.1. The zero-order valence-corrected chi connectivity index (χ0v) is 13.1. The molecule has 1 aromatic heterocycles. The minimum absolute atomic E-state index is 0.197. The average molecular weight is 311 g/mol. The fourth-order valence-corrected chi connectivity index (χ4v) is 3.37. The SMILES string of the molecule is COC[C@]12O[C@@H](n3cc(C)c(N)nc3=O)C(OC1C)C2OC. The molecular formula is C14H21N3O5. The van der Waals surface area contributed by atoms with Crippen LogP contribution in [0.2, 0.25) is 0 Å². The van der Waals surface area contributed by atoms with Gasteiger partial charge in [-0.15, -0.1) is 0 Å². The van der Waals surface area contributed by atoms with Gasteiger partial charge < -0.3 is 24.7 Å². The highest BCUT2D eigenvalue weighted by Gasteiger charge is 2.66. The Balaban J connectivity index is 2.02. The minimum Gasteiger partial charge on any atom is -0.383 e. The van der Waals surface area contributed by atoms with E-state index in [-0.39, 0.29) is 18.0 Å². The fourth-order valence-electron chi connectivity index (χ4n) is 3.37. The van der Waals surface area contributed by atoms with E-state index < -0.39 is 23.6 Å². The fraction of sp³-hybridized carbons (Fsp3) is 0.714. The summed E-state index contributed by atoms with van der Waals surface area (Å²) in [4.78, 5) is 16.0. The number of anilines is 1. The molecule has 3 rings (SSSR count). The number of rotatable bonds is 4. The topological polar surface area (TPSA) is 97.8 Å². The van der Waals surface area contributed by atoms with Crippen molar-refractivity contribution in [1.29, 1.82) is 0 Å². The summed E-state index contributed by atoms with van der Waals surface area (Å²) in [6.45, 7) is 4.01. The van der Waals surface area contributed by atoms with Gasteiger partial charge in [0.25, 0.3) is 0 Å². The third-order valence-electron chi connectivity index (χ3n) is 4.52. The van der Waals surface area contributed by atoms with Crippen LogP contribution in [-0.2, 0) is 18.9 Å². The normalized spacial score (nSPS) is 36.9. The lowest BCUT2D eigenvalue weighted by Gasteiger charge is -2.35. The van der Waals surface area contributed by atoms with Crippen molar-refractivity contribution in [2.75, 3.05) is 26.6 Å². The summed E-state index contributed by atoms with van der Waals surface area (Å²) in [5.74, 6) is 0.216. The smallest absolute Gasteiger partial charge is 0.351 e. The molecule has 2 N–H and O–H groups in total. The van der Waals surface area contributed by atoms with Gasteiger partial charge >= 0.3 is 5.69 Å². The highest BCUT2D eigenvalue weighted by Crippen LogP contribution is 2.49. The van der Waals surface area contributed by atoms with Crippen molar-refractivity contribution in [3.05, 3.63) is 22.2 Å². The molecule has 8 nitrogen and oxygen atoms in total. The lowest BCUT2D eigenvalue weighted by molar-refractivity contribution is -0.221. The van der Waals surface area contributed by atoms with Crippen molar-refractivity contribution < 1.29 is 18.9 Å². The molecule has 0 aromatic carbocycles. The Morgan fingerprint density at radius 3 is 2.86 bits per heavy atom. The Bertz CT molecular complexity index is 633. The summed E-state index contributed by atoms with van der Waals surface area (Å²) in [6, 6.07) is 0. The number of hydrogen-bond donors (Lipinski definition) is 1.